The van der Waals surface area contributed by atoms with Crippen LogP contribution in [0.1, 0.15) is 25.7 Å². The lowest BCUT2D eigenvalue weighted by atomic mass is 9.99. The third-order valence-corrected chi connectivity index (χ3v) is 4.71. The zero-order valence-electron chi connectivity index (χ0n) is 8.53. The van der Waals surface area contributed by atoms with Crippen LogP contribution in [0.15, 0.2) is 0 Å². The van der Waals surface area contributed by atoms with Crippen LogP contribution in [0.25, 0.3) is 0 Å². The van der Waals surface area contributed by atoms with E-state index in [1.165, 1.54) is 0 Å². The predicted molar refractivity (Wildman–Crippen MR) is 55.7 cm³/mol. The molecule has 1 heterocycles. The molecule has 2 rings (SSSR count). The van der Waals surface area contributed by atoms with Crippen molar-refractivity contribution < 1.29 is 13.2 Å². The van der Waals surface area contributed by atoms with E-state index in [0.717, 1.165) is 19.4 Å². The normalized spacial score (nSPS) is 27.3. The summed E-state index contributed by atoms with van der Waals surface area (Å²) >= 11 is 0. The molecule has 15 heavy (non-hydrogen) atoms. The molecule has 0 aromatic heterocycles. The molecule has 86 valence electrons. The summed E-state index contributed by atoms with van der Waals surface area (Å²) in [6.45, 7) is 1.51. The Morgan fingerprint density at radius 2 is 2.00 bits per heavy atom. The fourth-order valence-electron chi connectivity index (χ4n) is 1.76. The Balaban J connectivity index is 1.90. The number of carbonyl (C=O) groups is 1. The highest BCUT2D eigenvalue weighted by Gasteiger charge is 2.38. The first kappa shape index (κ1) is 10.9. The van der Waals surface area contributed by atoms with Crippen molar-refractivity contribution in [2.75, 3.05) is 13.1 Å². The second-order valence-electron chi connectivity index (χ2n) is 4.25. The molecule has 1 saturated heterocycles. The summed E-state index contributed by atoms with van der Waals surface area (Å²) in [6.07, 6.45) is 3.08. The average Bonchev–Trinajstić information content (AvgIpc) is 3.01. The van der Waals surface area contributed by atoms with E-state index in [4.69, 9.17) is 0 Å². The van der Waals surface area contributed by atoms with E-state index < -0.39 is 10.0 Å². The quantitative estimate of drug-likeness (QED) is 0.694. The van der Waals surface area contributed by atoms with Gasteiger partial charge in [0.2, 0.25) is 15.9 Å². The van der Waals surface area contributed by atoms with Gasteiger partial charge in [-0.15, -0.1) is 0 Å². The Labute approximate surface area is 89.7 Å². The summed E-state index contributed by atoms with van der Waals surface area (Å²) in [7, 11) is -3.36. The van der Waals surface area contributed by atoms with Gasteiger partial charge in [-0.3, -0.25) is 9.52 Å². The van der Waals surface area contributed by atoms with E-state index >= 15 is 0 Å². The molecule has 0 bridgehead atoms. The molecule has 5 nitrogen and oxygen atoms in total. The molecule has 0 radical (unpaired) electrons. The molecule has 0 aromatic carbocycles. The van der Waals surface area contributed by atoms with Crippen LogP contribution in [-0.4, -0.2) is 32.7 Å². The standard InChI is InChI=1S/C9H16N2O3S/c12-9(7-2-1-5-10-6-7)11-15(13,14)8-3-4-8/h7-8,10H,1-6H2,(H,11,12). The van der Waals surface area contributed by atoms with Gasteiger partial charge in [-0.1, -0.05) is 0 Å². The molecule has 2 fully saturated rings. The van der Waals surface area contributed by atoms with Crippen LogP contribution in [0.4, 0.5) is 0 Å². The number of hydrogen-bond acceptors (Lipinski definition) is 4. The zero-order chi connectivity index (χ0) is 10.9. The molecule has 0 aromatic rings. The monoisotopic (exact) mass is 232 g/mol. The van der Waals surface area contributed by atoms with Crippen LogP contribution in [0.5, 0.6) is 0 Å². The summed E-state index contributed by atoms with van der Waals surface area (Å²) in [6, 6.07) is 0. The molecule has 1 amide bonds. The molecule has 1 aliphatic carbocycles. The number of piperidine rings is 1. The van der Waals surface area contributed by atoms with Gasteiger partial charge in [0.15, 0.2) is 0 Å². The molecule has 0 spiro atoms. The Bertz CT molecular complexity index is 342. The molecule has 1 saturated carbocycles. The Morgan fingerprint density at radius 3 is 2.53 bits per heavy atom. The van der Waals surface area contributed by atoms with Crippen molar-refractivity contribution in [2.45, 2.75) is 30.9 Å². The summed E-state index contributed by atoms with van der Waals surface area (Å²) in [5, 5.41) is 2.77. The highest BCUT2D eigenvalue weighted by Crippen LogP contribution is 2.27. The largest absolute Gasteiger partial charge is 0.316 e. The maximum absolute atomic E-state index is 11.6. The van der Waals surface area contributed by atoms with E-state index in [1.807, 2.05) is 0 Å². The lowest BCUT2D eigenvalue weighted by Gasteiger charge is -2.21. The fourth-order valence-corrected chi connectivity index (χ4v) is 3.13. The predicted octanol–water partition coefficient (Wildman–Crippen LogP) is -0.406. The first-order chi connectivity index (χ1) is 7.09. The number of rotatable bonds is 3. The van der Waals surface area contributed by atoms with Crippen LogP contribution in [-0.2, 0) is 14.8 Å². The smallest absolute Gasteiger partial charge is 0.237 e. The minimum atomic E-state index is -3.36. The molecule has 2 aliphatic rings. The van der Waals surface area contributed by atoms with Crippen molar-refractivity contribution in [3.8, 4) is 0 Å². The summed E-state index contributed by atoms with van der Waals surface area (Å²) < 4.78 is 25.2. The SMILES string of the molecule is O=C(NS(=O)(=O)C1CC1)C1CCCNC1. The van der Waals surface area contributed by atoms with E-state index in [-0.39, 0.29) is 17.1 Å². The van der Waals surface area contributed by atoms with Crippen molar-refractivity contribution >= 4 is 15.9 Å². The van der Waals surface area contributed by atoms with Gasteiger partial charge in [0.05, 0.1) is 11.2 Å². The van der Waals surface area contributed by atoms with Gasteiger partial charge in [0, 0.05) is 6.54 Å². The maximum Gasteiger partial charge on any atom is 0.237 e. The van der Waals surface area contributed by atoms with Crippen molar-refractivity contribution in [3.05, 3.63) is 0 Å². The van der Waals surface area contributed by atoms with Gasteiger partial charge in [-0.25, -0.2) is 8.42 Å². The average molecular weight is 232 g/mol. The van der Waals surface area contributed by atoms with Crippen LogP contribution in [0, 0.1) is 5.92 Å². The molecular weight excluding hydrogens is 216 g/mol. The highest BCUT2D eigenvalue weighted by atomic mass is 32.2. The number of sulfonamides is 1. The second-order valence-corrected chi connectivity index (χ2v) is 6.21. The van der Waals surface area contributed by atoms with E-state index in [1.54, 1.807) is 0 Å². The van der Waals surface area contributed by atoms with Gasteiger partial charge in [-0.05, 0) is 32.2 Å². The summed E-state index contributed by atoms with van der Waals surface area (Å²) in [5.74, 6) is -0.527. The van der Waals surface area contributed by atoms with Gasteiger partial charge in [0.1, 0.15) is 0 Å². The van der Waals surface area contributed by atoms with Gasteiger partial charge < -0.3 is 5.32 Å². The van der Waals surface area contributed by atoms with E-state index in [0.29, 0.717) is 19.4 Å². The molecule has 6 heteroatoms. The first-order valence-corrected chi connectivity index (χ1v) is 6.90. The highest BCUT2D eigenvalue weighted by molar-refractivity contribution is 7.90. The lowest BCUT2D eigenvalue weighted by molar-refractivity contribution is -0.123. The van der Waals surface area contributed by atoms with Crippen LogP contribution < -0.4 is 10.0 Å². The van der Waals surface area contributed by atoms with Gasteiger partial charge in [-0.2, -0.15) is 0 Å². The molecule has 1 aliphatic heterocycles. The van der Waals surface area contributed by atoms with Crippen LogP contribution in [0.3, 0.4) is 0 Å². The number of carbonyl (C=O) groups excluding carboxylic acids is 1. The van der Waals surface area contributed by atoms with E-state index in [9.17, 15) is 13.2 Å². The molecule has 2 N–H and O–H groups in total. The topological polar surface area (TPSA) is 75.3 Å². The van der Waals surface area contributed by atoms with Crippen LogP contribution >= 0.6 is 0 Å². The number of nitrogens with one attached hydrogen (secondary N) is 2. The van der Waals surface area contributed by atoms with E-state index in [2.05, 4.69) is 10.0 Å². The summed E-state index contributed by atoms with van der Waals surface area (Å²) in [5.41, 5.74) is 0. The molecule has 1 unspecified atom stereocenters. The summed E-state index contributed by atoms with van der Waals surface area (Å²) in [4.78, 5) is 11.6. The molecular formula is C9H16N2O3S. The van der Waals surface area contributed by atoms with Crippen molar-refractivity contribution in [3.63, 3.8) is 0 Å². The fraction of sp³-hybridized carbons (Fsp3) is 0.889. The van der Waals surface area contributed by atoms with Gasteiger partial charge in [0.25, 0.3) is 0 Å². The third-order valence-electron chi connectivity index (χ3n) is 2.87. The Morgan fingerprint density at radius 1 is 1.27 bits per heavy atom. The second kappa shape index (κ2) is 4.09. The maximum atomic E-state index is 11.6. The Hall–Kier alpha value is -0.620. The number of hydrogen-bond donors (Lipinski definition) is 2. The molecule has 1 atom stereocenters. The first-order valence-electron chi connectivity index (χ1n) is 5.36. The van der Waals surface area contributed by atoms with Crippen molar-refractivity contribution in [2.24, 2.45) is 5.92 Å². The third kappa shape index (κ3) is 2.69. The minimum absolute atomic E-state index is 0.188. The van der Waals surface area contributed by atoms with Crippen LogP contribution in [0.2, 0.25) is 0 Å². The lowest BCUT2D eigenvalue weighted by Crippen LogP contribution is -2.43. The Kier molecular flexibility index (Phi) is 2.97. The minimum Gasteiger partial charge on any atom is -0.316 e. The van der Waals surface area contributed by atoms with Crippen molar-refractivity contribution in [1.82, 2.24) is 10.0 Å². The zero-order valence-corrected chi connectivity index (χ0v) is 9.35. The van der Waals surface area contributed by atoms with Gasteiger partial charge >= 0.3 is 0 Å². The van der Waals surface area contributed by atoms with Crippen molar-refractivity contribution in [1.29, 1.82) is 0 Å². The number of amides is 1.